The second-order valence-electron chi connectivity index (χ2n) is 3.37. The minimum atomic E-state index is -4.10. The molecule has 0 atom stereocenters. The summed E-state index contributed by atoms with van der Waals surface area (Å²) in [7, 11) is 1.15. The SMILES string of the molecule is CCSCCOc1ccc([N+](=O)[O-])cc1S(=O)(=O)Cl. The normalized spacial score (nSPS) is 11.3. The molecule has 0 N–H and O–H groups in total. The number of nitro groups is 1. The van der Waals surface area contributed by atoms with Crippen LogP contribution >= 0.6 is 22.4 Å². The van der Waals surface area contributed by atoms with Crippen LogP contribution in [0.5, 0.6) is 5.75 Å². The second kappa shape index (κ2) is 6.97. The van der Waals surface area contributed by atoms with Crippen molar-refractivity contribution in [3.8, 4) is 5.75 Å². The number of benzene rings is 1. The van der Waals surface area contributed by atoms with E-state index >= 15 is 0 Å². The van der Waals surface area contributed by atoms with Gasteiger partial charge in [-0.3, -0.25) is 10.1 Å². The van der Waals surface area contributed by atoms with E-state index < -0.39 is 14.0 Å². The Morgan fingerprint density at radius 1 is 1.47 bits per heavy atom. The van der Waals surface area contributed by atoms with E-state index in [-0.39, 0.29) is 16.3 Å². The molecule has 0 saturated carbocycles. The quantitative estimate of drug-likeness (QED) is 0.331. The first-order chi connectivity index (χ1) is 8.86. The molecule has 0 bridgehead atoms. The van der Waals surface area contributed by atoms with Crippen molar-refractivity contribution < 1.29 is 18.1 Å². The van der Waals surface area contributed by atoms with Crippen LogP contribution in [0, 0.1) is 10.1 Å². The lowest BCUT2D eigenvalue weighted by atomic mass is 10.3. The van der Waals surface area contributed by atoms with Crippen LogP contribution in [0.3, 0.4) is 0 Å². The molecule has 1 aromatic carbocycles. The van der Waals surface area contributed by atoms with E-state index in [2.05, 4.69) is 0 Å². The van der Waals surface area contributed by atoms with Gasteiger partial charge in [0.15, 0.2) is 0 Å². The van der Waals surface area contributed by atoms with Crippen molar-refractivity contribution in [3.05, 3.63) is 28.3 Å². The Balaban J connectivity index is 3.00. The van der Waals surface area contributed by atoms with Crippen molar-refractivity contribution in [2.45, 2.75) is 11.8 Å². The molecule has 6 nitrogen and oxygen atoms in total. The zero-order valence-electron chi connectivity index (χ0n) is 10.0. The van der Waals surface area contributed by atoms with Crippen LogP contribution in [0.1, 0.15) is 6.92 Å². The number of hydrogen-bond acceptors (Lipinski definition) is 6. The van der Waals surface area contributed by atoms with Gasteiger partial charge in [0.1, 0.15) is 10.6 Å². The Morgan fingerprint density at radius 2 is 2.16 bits per heavy atom. The monoisotopic (exact) mass is 325 g/mol. The molecule has 0 aliphatic heterocycles. The molecule has 0 saturated heterocycles. The first kappa shape index (κ1) is 16.1. The number of ether oxygens (including phenoxy) is 1. The summed E-state index contributed by atoms with van der Waals surface area (Å²) < 4.78 is 28.0. The van der Waals surface area contributed by atoms with E-state index in [0.717, 1.165) is 11.8 Å². The third-order valence-corrected chi connectivity index (χ3v) is 4.30. The number of halogens is 1. The van der Waals surface area contributed by atoms with Gasteiger partial charge in [0.25, 0.3) is 14.7 Å². The summed E-state index contributed by atoms with van der Waals surface area (Å²) in [6, 6.07) is 3.31. The Hall–Kier alpha value is -0.990. The lowest BCUT2D eigenvalue weighted by Crippen LogP contribution is -2.05. The van der Waals surface area contributed by atoms with Gasteiger partial charge < -0.3 is 4.74 Å². The van der Waals surface area contributed by atoms with Gasteiger partial charge in [-0.2, -0.15) is 11.8 Å². The van der Waals surface area contributed by atoms with E-state index in [1.807, 2.05) is 6.92 Å². The highest BCUT2D eigenvalue weighted by atomic mass is 35.7. The van der Waals surface area contributed by atoms with Crippen molar-refractivity contribution >= 4 is 37.2 Å². The van der Waals surface area contributed by atoms with Crippen molar-refractivity contribution in [1.82, 2.24) is 0 Å². The molecule has 0 amide bonds. The lowest BCUT2D eigenvalue weighted by Gasteiger charge is -2.09. The molecule has 1 rings (SSSR count). The summed E-state index contributed by atoms with van der Waals surface area (Å²) in [5, 5.41) is 10.6. The minimum absolute atomic E-state index is 0.0253. The fourth-order valence-electron chi connectivity index (χ4n) is 1.27. The van der Waals surface area contributed by atoms with E-state index in [1.54, 1.807) is 11.8 Å². The molecule has 9 heteroatoms. The van der Waals surface area contributed by atoms with Crippen molar-refractivity contribution in [2.24, 2.45) is 0 Å². The number of rotatable bonds is 7. The molecule has 0 fully saturated rings. The molecular weight excluding hydrogens is 314 g/mol. The smallest absolute Gasteiger partial charge is 0.271 e. The third kappa shape index (κ3) is 4.88. The fourth-order valence-corrected chi connectivity index (χ4v) is 2.76. The summed E-state index contributed by atoms with van der Waals surface area (Å²) in [4.78, 5) is 9.54. The van der Waals surface area contributed by atoms with E-state index in [0.29, 0.717) is 12.4 Å². The molecule has 19 heavy (non-hydrogen) atoms. The number of hydrogen-bond donors (Lipinski definition) is 0. The molecule has 0 aliphatic rings. The summed E-state index contributed by atoms with van der Waals surface area (Å²) in [6.07, 6.45) is 0. The van der Waals surface area contributed by atoms with Crippen LogP contribution in [0.2, 0.25) is 0 Å². The molecule has 0 aromatic heterocycles. The molecule has 106 valence electrons. The van der Waals surface area contributed by atoms with Gasteiger partial charge in [-0.05, 0) is 11.8 Å². The van der Waals surface area contributed by atoms with Crippen LogP contribution in [0.4, 0.5) is 5.69 Å². The number of nitrogens with zero attached hydrogens (tertiary/aromatic N) is 1. The first-order valence-electron chi connectivity index (χ1n) is 5.30. The van der Waals surface area contributed by atoms with Gasteiger partial charge in [-0.1, -0.05) is 6.92 Å². The minimum Gasteiger partial charge on any atom is -0.491 e. The van der Waals surface area contributed by atoms with Gasteiger partial charge in [-0.15, -0.1) is 0 Å². The standard InChI is InChI=1S/C10H12ClNO5S2/c1-2-18-6-5-17-9-4-3-8(12(13)14)7-10(9)19(11,15)16/h3-4,7H,2,5-6H2,1H3. The molecule has 0 aliphatic carbocycles. The molecule has 0 spiro atoms. The fraction of sp³-hybridized carbons (Fsp3) is 0.400. The Kier molecular flexibility index (Phi) is 5.89. The van der Waals surface area contributed by atoms with E-state index in [9.17, 15) is 18.5 Å². The topological polar surface area (TPSA) is 86.5 Å². The van der Waals surface area contributed by atoms with Crippen LogP contribution in [0.25, 0.3) is 0 Å². The summed E-state index contributed by atoms with van der Waals surface area (Å²) in [6.45, 7) is 2.29. The second-order valence-corrected chi connectivity index (χ2v) is 7.30. The van der Waals surface area contributed by atoms with Crippen molar-refractivity contribution in [2.75, 3.05) is 18.1 Å². The predicted molar refractivity (Wildman–Crippen MR) is 74.6 cm³/mol. The molecule has 0 heterocycles. The zero-order chi connectivity index (χ0) is 14.5. The summed E-state index contributed by atoms with van der Waals surface area (Å²) in [5.41, 5.74) is -0.352. The molecule has 0 unspecified atom stereocenters. The maximum atomic E-state index is 11.4. The maximum absolute atomic E-state index is 11.4. The number of non-ortho nitro benzene ring substituents is 1. The maximum Gasteiger partial charge on any atom is 0.271 e. The molecular formula is C10H12ClNO5S2. The van der Waals surface area contributed by atoms with Gasteiger partial charge in [-0.25, -0.2) is 8.42 Å². The summed E-state index contributed by atoms with van der Waals surface area (Å²) in [5.74, 6) is 1.64. The van der Waals surface area contributed by atoms with Gasteiger partial charge in [0.05, 0.1) is 11.5 Å². The average molecular weight is 326 g/mol. The number of thioether (sulfide) groups is 1. The van der Waals surface area contributed by atoms with Gasteiger partial charge in [0, 0.05) is 28.6 Å². The van der Waals surface area contributed by atoms with E-state index in [4.69, 9.17) is 15.4 Å². The van der Waals surface area contributed by atoms with Crippen LogP contribution in [-0.2, 0) is 9.05 Å². The predicted octanol–water partition coefficient (Wildman–Crippen LogP) is 2.65. The van der Waals surface area contributed by atoms with Gasteiger partial charge >= 0.3 is 0 Å². The Morgan fingerprint density at radius 3 is 2.68 bits per heavy atom. The molecule has 0 radical (unpaired) electrons. The Labute approximate surface area is 119 Å². The average Bonchev–Trinajstić information content (AvgIpc) is 2.33. The highest BCUT2D eigenvalue weighted by Gasteiger charge is 2.21. The van der Waals surface area contributed by atoms with Crippen molar-refractivity contribution in [1.29, 1.82) is 0 Å². The highest BCUT2D eigenvalue weighted by Crippen LogP contribution is 2.30. The van der Waals surface area contributed by atoms with Gasteiger partial charge in [0.2, 0.25) is 0 Å². The first-order valence-corrected chi connectivity index (χ1v) is 8.76. The zero-order valence-corrected chi connectivity index (χ0v) is 12.4. The number of nitro benzene ring substituents is 1. The Bertz CT molecular complexity index is 561. The molecule has 1 aromatic rings. The van der Waals surface area contributed by atoms with Crippen molar-refractivity contribution in [3.63, 3.8) is 0 Å². The summed E-state index contributed by atoms with van der Waals surface area (Å²) >= 11 is 1.63. The highest BCUT2D eigenvalue weighted by molar-refractivity contribution is 8.13. The van der Waals surface area contributed by atoms with Crippen LogP contribution < -0.4 is 4.74 Å². The third-order valence-electron chi connectivity index (χ3n) is 2.09. The van der Waals surface area contributed by atoms with Crippen LogP contribution in [-0.4, -0.2) is 31.5 Å². The largest absolute Gasteiger partial charge is 0.491 e. The van der Waals surface area contributed by atoms with E-state index in [1.165, 1.54) is 12.1 Å². The lowest BCUT2D eigenvalue weighted by molar-refractivity contribution is -0.385. The van der Waals surface area contributed by atoms with Crippen LogP contribution in [0.15, 0.2) is 23.1 Å².